The van der Waals surface area contributed by atoms with Gasteiger partial charge in [0.1, 0.15) is 0 Å². The Morgan fingerprint density at radius 1 is 1.26 bits per heavy atom. The Kier molecular flexibility index (Phi) is 4.32. The van der Waals surface area contributed by atoms with Crippen molar-refractivity contribution in [1.82, 2.24) is 0 Å². The summed E-state index contributed by atoms with van der Waals surface area (Å²) in [5.41, 5.74) is 2.53. The fourth-order valence-electron chi connectivity index (χ4n) is 3.06. The fourth-order valence-corrected chi connectivity index (χ4v) is 3.06. The number of ether oxygens (including phenoxy) is 1. The minimum absolute atomic E-state index is 0.0971. The minimum atomic E-state index is -0.106. The molecule has 106 valence electrons. The van der Waals surface area contributed by atoms with Gasteiger partial charge in [-0.3, -0.25) is 0 Å². The number of rotatable bonds is 4. The molecule has 2 heteroatoms. The van der Waals surface area contributed by atoms with E-state index in [4.69, 9.17) is 4.74 Å². The Hall–Kier alpha value is -0.860. The van der Waals surface area contributed by atoms with Gasteiger partial charge in [0, 0.05) is 12.0 Å². The molecule has 1 atom stereocenters. The molecule has 0 aliphatic heterocycles. The highest BCUT2D eigenvalue weighted by atomic mass is 16.5. The molecular weight excluding hydrogens is 236 g/mol. The summed E-state index contributed by atoms with van der Waals surface area (Å²) in [5.74, 6) is 0. The van der Waals surface area contributed by atoms with Gasteiger partial charge in [-0.15, -0.1) is 0 Å². The Morgan fingerprint density at radius 3 is 2.68 bits per heavy atom. The summed E-state index contributed by atoms with van der Waals surface area (Å²) in [6, 6.07) is 8.56. The quantitative estimate of drug-likeness (QED) is 0.900. The number of fused-ring (bicyclic) bond motifs is 1. The molecule has 0 fully saturated rings. The topological polar surface area (TPSA) is 29.5 Å². The van der Waals surface area contributed by atoms with Gasteiger partial charge < -0.3 is 9.84 Å². The SMILES string of the molecule is CC(C)(C)OCCC1(CO)CCCc2ccccc21. The van der Waals surface area contributed by atoms with Gasteiger partial charge in [0.2, 0.25) is 0 Å². The average Bonchev–Trinajstić information content (AvgIpc) is 2.37. The molecule has 19 heavy (non-hydrogen) atoms. The lowest BCUT2D eigenvalue weighted by atomic mass is 9.68. The van der Waals surface area contributed by atoms with Crippen molar-refractivity contribution < 1.29 is 9.84 Å². The second-order valence-electron chi connectivity index (χ2n) is 6.66. The molecule has 0 spiro atoms. The van der Waals surface area contributed by atoms with Crippen molar-refractivity contribution >= 4 is 0 Å². The van der Waals surface area contributed by atoms with Gasteiger partial charge >= 0.3 is 0 Å². The Balaban J connectivity index is 2.15. The summed E-state index contributed by atoms with van der Waals surface area (Å²) < 4.78 is 5.86. The van der Waals surface area contributed by atoms with Crippen molar-refractivity contribution in [3.63, 3.8) is 0 Å². The zero-order chi connectivity index (χ0) is 13.9. The van der Waals surface area contributed by atoms with Crippen molar-refractivity contribution in [2.45, 2.75) is 57.5 Å². The first-order valence-corrected chi connectivity index (χ1v) is 7.30. The van der Waals surface area contributed by atoms with Gasteiger partial charge in [0.25, 0.3) is 0 Å². The third-order valence-electron chi connectivity index (χ3n) is 4.11. The van der Waals surface area contributed by atoms with Crippen LogP contribution in [0.25, 0.3) is 0 Å². The van der Waals surface area contributed by atoms with Crippen molar-refractivity contribution in [3.05, 3.63) is 35.4 Å². The van der Waals surface area contributed by atoms with Crippen molar-refractivity contribution in [2.75, 3.05) is 13.2 Å². The smallest absolute Gasteiger partial charge is 0.0598 e. The van der Waals surface area contributed by atoms with E-state index in [1.54, 1.807) is 0 Å². The summed E-state index contributed by atoms with van der Waals surface area (Å²) in [7, 11) is 0. The monoisotopic (exact) mass is 262 g/mol. The van der Waals surface area contributed by atoms with E-state index in [0.717, 1.165) is 25.7 Å². The number of benzene rings is 1. The molecule has 1 aromatic carbocycles. The molecule has 2 rings (SSSR count). The van der Waals surface area contributed by atoms with Crippen LogP contribution in [0.4, 0.5) is 0 Å². The van der Waals surface area contributed by atoms with Crippen LogP contribution in [0, 0.1) is 0 Å². The molecule has 0 saturated heterocycles. The largest absolute Gasteiger partial charge is 0.395 e. The molecule has 1 N–H and O–H groups in total. The first-order chi connectivity index (χ1) is 8.97. The van der Waals surface area contributed by atoms with Crippen molar-refractivity contribution in [1.29, 1.82) is 0 Å². The minimum Gasteiger partial charge on any atom is -0.395 e. The van der Waals surface area contributed by atoms with E-state index in [-0.39, 0.29) is 17.6 Å². The van der Waals surface area contributed by atoms with E-state index < -0.39 is 0 Å². The van der Waals surface area contributed by atoms with E-state index in [0.29, 0.717) is 6.61 Å². The van der Waals surface area contributed by atoms with E-state index >= 15 is 0 Å². The lowest BCUT2D eigenvalue weighted by Crippen LogP contribution is -2.37. The lowest BCUT2D eigenvalue weighted by molar-refractivity contribution is -0.0175. The van der Waals surface area contributed by atoms with Gasteiger partial charge in [-0.1, -0.05) is 24.3 Å². The van der Waals surface area contributed by atoms with Crippen LogP contribution in [0.1, 0.15) is 51.2 Å². The molecule has 2 nitrogen and oxygen atoms in total. The highest BCUT2D eigenvalue weighted by molar-refractivity contribution is 5.37. The molecule has 0 amide bonds. The summed E-state index contributed by atoms with van der Waals surface area (Å²) in [5, 5.41) is 9.96. The average molecular weight is 262 g/mol. The normalized spacial score (nSPS) is 23.2. The zero-order valence-electron chi connectivity index (χ0n) is 12.4. The second kappa shape index (κ2) is 5.64. The number of hydrogen-bond acceptors (Lipinski definition) is 2. The van der Waals surface area contributed by atoms with Gasteiger partial charge in [0.15, 0.2) is 0 Å². The molecule has 1 aliphatic rings. The van der Waals surface area contributed by atoms with Crippen LogP contribution in [-0.4, -0.2) is 23.9 Å². The summed E-state index contributed by atoms with van der Waals surface area (Å²) in [4.78, 5) is 0. The molecule has 1 aliphatic carbocycles. The van der Waals surface area contributed by atoms with E-state index in [2.05, 4.69) is 45.0 Å². The summed E-state index contributed by atoms with van der Waals surface area (Å²) in [6.45, 7) is 7.16. The lowest BCUT2D eigenvalue weighted by Gasteiger charge is -2.38. The summed E-state index contributed by atoms with van der Waals surface area (Å²) >= 11 is 0. The fraction of sp³-hybridized carbons (Fsp3) is 0.647. The highest BCUT2D eigenvalue weighted by Crippen LogP contribution is 2.39. The van der Waals surface area contributed by atoms with Crippen LogP contribution in [0.15, 0.2) is 24.3 Å². The molecule has 1 aromatic rings. The van der Waals surface area contributed by atoms with Crippen LogP contribution in [0.2, 0.25) is 0 Å². The zero-order valence-corrected chi connectivity index (χ0v) is 12.4. The van der Waals surface area contributed by atoms with E-state index in [9.17, 15) is 5.11 Å². The molecule has 0 aromatic heterocycles. The van der Waals surface area contributed by atoms with Crippen LogP contribution in [0.3, 0.4) is 0 Å². The Bertz CT molecular complexity index is 420. The Labute approximate surface area is 116 Å². The van der Waals surface area contributed by atoms with Crippen LogP contribution in [-0.2, 0) is 16.6 Å². The maximum absolute atomic E-state index is 9.96. The maximum atomic E-state index is 9.96. The van der Waals surface area contributed by atoms with Crippen molar-refractivity contribution in [2.24, 2.45) is 0 Å². The molecule has 0 heterocycles. The van der Waals surface area contributed by atoms with Gasteiger partial charge in [0.05, 0.1) is 12.2 Å². The van der Waals surface area contributed by atoms with Crippen LogP contribution in [0.5, 0.6) is 0 Å². The van der Waals surface area contributed by atoms with Gasteiger partial charge in [-0.2, -0.15) is 0 Å². The van der Waals surface area contributed by atoms with E-state index in [1.165, 1.54) is 11.1 Å². The first-order valence-electron chi connectivity index (χ1n) is 7.30. The Morgan fingerprint density at radius 2 is 2.00 bits per heavy atom. The number of aliphatic hydroxyl groups excluding tert-OH is 1. The number of aryl methyl sites for hydroxylation is 1. The molecule has 0 bridgehead atoms. The molecule has 1 unspecified atom stereocenters. The third-order valence-corrected chi connectivity index (χ3v) is 4.11. The third kappa shape index (κ3) is 3.37. The summed E-state index contributed by atoms with van der Waals surface area (Å²) in [6.07, 6.45) is 4.26. The maximum Gasteiger partial charge on any atom is 0.0598 e. The predicted molar refractivity (Wildman–Crippen MR) is 78.5 cm³/mol. The van der Waals surface area contributed by atoms with E-state index in [1.807, 2.05) is 0 Å². The van der Waals surface area contributed by atoms with Crippen LogP contribution >= 0.6 is 0 Å². The predicted octanol–water partition coefficient (Wildman–Crippen LogP) is 3.46. The molecular formula is C17H26O2. The number of aliphatic hydroxyl groups is 1. The highest BCUT2D eigenvalue weighted by Gasteiger charge is 2.35. The van der Waals surface area contributed by atoms with Gasteiger partial charge in [-0.05, 0) is 57.6 Å². The van der Waals surface area contributed by atoms with Crippen molar-refractivity contribution in [3.8, 4) is 0 Å². The number of hydrogen-bond donors (Lipinski definition) is 1. The van der Waals surface area contributed by atoms with Gasteiger partial charge in [-0.25, -0.2) is 0 Å². The van der Waals surface area contributed by atoms with Crippen LogP contribution < -0.4 is 0 Å². The second-order valence-corrected chi connectivity index (χ2v) is 6.66. The molecule has 0 radical (unpaired) electrons. The first kappa shape index (κ1) is 14.5. The molecule has 0 saturated carbocycles. The standard InChI is InChI=1S/C17H26O2/c1-16(2,3)19-12-11-17(13-18)10-6-8-14-7-4-5-9-15(14)17/h4-5,7,9,18H,6,8,10-13H2,1-3H3.